The molecule has 0 amide bonds. The summed E-state index contributed by atoms with van der Waals surface area (Å²) in [6.07, 6.45) is -0.672. The van der Waals surface area contributed by atoms with Crippen molar-refractivity contribution in [2.45, 2.75) is 45.4 Å². The Morgan fingerprint density at radius 2 is 2.18 bits per heavy atom. The zero-order chi connectivity index (χ0) is 16.2. The molecule has 0 spiro atoms. The third-order valence-corrected chi connectivity index (χ3v) is 3.37. The highest BCUT2D eigenvalue weighted by molar-refractivity contribution is 5.46. The Labute approximate surface area is 132 Å². The number of benzene rings is 1. The van der Waals surface area contributed by atoms with Crippen molar-refractivity contribution in [2.75, 3.05) is 26.4 Å². The topological polar surface area (TPSA) is 60.0 Å². The third kappa shape index (κ3) is 5.16. The van der Waals surface area contributed by atoms with E-state index in [4.69, 9.17) is 14.2 Å². The maximum Gasteiger partial charge on any atom is 0.164 e. The first-order valence-corrected chi connectivity index (χ1v) is 7.75. The Bertz CT molecular complexity index is 484. The molecule has 0 aromatic heterocycles. The standard InChI is InChI=1S/C17H27NO4/c1-12-6-5-7-15-16(12)22-14(11-21-15)10-20-9-13(19)8-18-17(2,3)4/h5-7,13-14,18-19H,8-11H2,1-4H3. The fourth-order valence-corrected chi connectivity index (χ4v) is 2.17. The minimum atomic E-state index is -0.530. The summed E-state index contributed by atoms with van der Waals surface area (Å²) >= 11 is 0. The van der Waals surface area contributed by atoms with E-state index in [1.54, 1.807) is 0 Å². The van der Waals surface area contributed by atoms with Crippen LogP contribution in [0, 0.1) is 6.92 Å². The van der Waals surface area contributed by atoms with Gasteiger partial charge in [-0.25, -0.2) is 0 Å². The van der Waals surface area contributed by atoms with Gasteiger partial charge in [0.2, 0.25) is 0 Å². The van der Waals surface area contributed by atoms with Gasteiger partial charge >= 0.3 is 0 Å². The normalized spacial score (nSPS) is 19.0. The van der Waals surface area contributed by atoms with Crippen LogP contribution in [-0.2, 0) is 4.74 Å². The quantitative estimate of drug-likeness (QED) is 0.840. The van der Waals surface area contributed by atoms with E-state index in [-0.39, 0.29) is 18.2 Å². The van der Waals surface area contributed by atoms with Crippen molar-refractivity contribution in [2.24, 2.45) is 0 Å². The fourth-order valence-electron chi connectivity index (χ4n) is 2.17. The zero-order valence-corrected chi connectivity index (χ0v) is 13.9. The number of nitrogens with one attached hydrogen (secondary N) is 1. The largest absolute Gasteiger partial charge is 0.486 e. The summed E-state index contributed by atoms with van der Waals surface area (Å²) in [6, 6.07) is 5.85. The second kappa shape index (κ2) is 7.31. The molecule has 2 rings (SSSR count). The lowest BCUT2D eigenvalue weighted by atomic mass is 10.1. The van der Waals surface area contributed by atoms with E-state index in [1.807, 2.05) is 25.1 Å². The number of fused-ring (bicyclic) bond motifs is 1. The van der Waals surface area contributed by atoms with Crippen molar-refractivity contribution in [1.29, 1.82) is 0 Å². The van der Waals surface area contributed by atoms with Gasteiger partial charge in [-0.15, -0.1) is 0 Å². The van der Waals surface area contributed by atoms with E-state index in [2.05, 4.69) is 26.1 Å². The molecule has 22 heavy (non-hydrogen) atoms. The summed E-state index contributed by atoms with van der Waals surface area (Å²) in [5, 5.41) is 13.1. The van der Waals surface area contributed by atoms with E-state index >= 15 is 0 Å². The summed E-state index contributed by atoms with van der Waals surface area (Å²) in [5.74, 6) is 1.57. The molecule has 1 heterocycles. The van der Waals surface area contributed by atoms with Crippen LogP contribution >= 0.6 is 0 Å². The predicted molar refractivity (Wildman–Crippen MR) is 85.7 cm³/mol. The van der Waals surface area contributed by atoms with Crippen LogP contribution in [0.1, 0.15) is 26.3 Å². The Kier molecular flexibility index (Phi) is 5.67. The van der Waals surface area contributed by atoms with Gasteiger partial charge in [0.15, 0.2) is 17.6 Å². The van der Waals surface area contributed by atoms with Crippen molar-refractivity contribution in [1.82, 2.24) is 5.32 Å². The molecule has 0 aliphatic carbocycles. The van der Waals surface area contributed by atoms with E-state index in [0.717, 1.165) is 17.1 Å². The Balaban J connectivity index is 1.71. The minimum Gasteiger partial charge on any atom is -0.486 e. The van der Waals surface area contributed by atoms with Gasteiger partial charge in [-0.2, -0.15) is 0 Å². The first-order valence-electron chi connectivity index (χ1n) is 7.75. The number of hydrogen-bond acceptors (Lipinski definition) is 5. The number of aliphatic hydroxyl groups excluding tert-OH is 1. The Morgan fingerprint density at radius 1 is 1.41 bits per heavy atom. The average Bonchev–Trinajstić information content (AvgIpc) is 2.45. The van der Waals surface area contributed by atoms with Gasteiger partial charge in [-0.1, -0.05) is 12.1 Å². The number of para-hydroxylation sites is 1. The lowest BCUT2D eigenvalue weighted by Gasteiger charge is -2.28. The number of rotatable bonds is 6. The van der Waals surface area contributed by atoms with Crippen molar-refractivity contribution < 1.29 is 19.3 Å². The first-order chi connectivity index (χ1) is 10.3. The number of aliphatic hydroxyl groups is 1. The summed E-state index contributed by atoms with van der Waals surface area (Å²) in [7, 11) is 0. The molecule has 2 unspecified atom stereocenters. The number of hydrogen-bond donors (Lipinski definition) is 2. The molecule has 0 fully saturated rings. The molecular formula is C17H27NO4. The van der Waals surface area contributed by atoms with E-state index in [9.17, 15) is 5.11 Å². The predicted octanol–water partition coefficient (Wildman–Crippen LogP) is 1.90. The Hall–Kier alpha value is -1.30. The highest BCUT2D eigenvalue weighted by atomic mass is 16.6. The van der Waals surface area contributed by atoms with Crippen LogP contribution in [0.4, 0.5) is 0 Å². The number of ether oxygens (including phenoxy) is 3. The summed E-state index contributed by atoms with van der Waals surface area (Å²) in [4.78, 5) is 0. The molecule has 1 aromatic carbocycles. The molecule has 1 aliphatic heterocycles. The van der Waals surface area contributed by atoms with Crippen LogP contribution in [0.5, 0.6) is 11.5 Å². The first kappa shape index (κ1) is 17.1. The van der Waals surface area contributed by atoms with Crippen molar-refractivity contribution >= 4 is 0 Å². The van der Waals surface area contributed by atoms with Crippen molar-refractivity contribution in [3.8, 4) is 11.5 Å². The second-order valence-corrected chi connectivity index (χ2v) is 6.78. The van der Waals surface area contributed by atoms with Crippen LogP contribution in [0.3, 0.4) is 0 Å². The van der Waals surface area contributed by atoms with Crippen LogP contribution in [0.2, 0.25) is 0 Å². The molecule has 2 atom stereocenters. The van der Waals surface area contributed by atoms with Gasteiger partial charge in [0.25, 0.3) is 0 Å². The zero-order valence-electron chi connectivity index (χ0n) is 13.9. The van der Waals surface area contributed by atoms with Gasteiger partial charge < -0.3 is 24.6 Å². The maximum absolute atomic E-state index is 9.88. The van der Waals surface area contributed by atoms with Crippen LogP contribution < -0.4 is 14.8 Å². The number of β-amino-alcohol motifs (C(OH)–C–C–N with tert-alkyl or cyclic N) is 1. The molecule has 2 N–H and O–H groups in total. The van der Waals surface area contributed by atoms with Gasteiger partial charge in [0.05, 0.1) is 19.3 Å². The summed E-state index contributed by atoms with van der Waals surface area (Å²) in [5.41, 5.74) is 1.04. The summed E-state index contributed by atoms with van der Waals surface area (Å²) < 4.78 is 17.2. The lowest BCUT2D eigenvalue weighted by molar-refractivity contribution is -0.0223. The number of aryl methyl sites for hydroxylation is 1. The minimum absolute atomic E-state index is 0.0114. The SMILES string of the molecule is Cc1cccc2c1OC(COCC(O)CNC(C)(C)C)CO2. The van der Waals surface area contributed by atoms with Gasteiger partial charge in [-0.05, 0) is 39.3 Å². The third-order valence-electron chi connectivity index (χ3n) is 3.37. The average molecular weight is 309 g/mol. The van der Waals surface area contributed by atoms with E-state index < -0.39 is 6.10 Å². The molecule has 5 heteroatoms. The molecular weight excluding hydrogens is 282 g/mol. The van der Waals surface area contributed by atoms with Gasteiger partial charge in [-0.3, -0.25) is 0 Å². The van der Waals surface area contributed by atoms with E-state index in [0.29, 0.717) is 19.8 Å². The van der Waals surface area contributed by atoms with Crippen LogP contribution in [0.15, 0.2) is 18.2 Å². The van der Waals surface area contributed by atoms with Gasteiger partial charge in [0.1, 0.15) is 6.61 Å². The molecule has 1 aromatic rings. The van der Waals surface area contributed by atoms with Crippen molar-refractivity contribution in [3.05, 3.63) is 23.8 Å². The van der Waals surface area contributed by atoms with Gasteiger partial charge in [0, 0.05) is 12.1 Å². The lowest BCUT2D eigenvalue weighted by Crippen LogP contribution is -2.42. The molecule has 0 bridgehead atoms. The molecule has 0 radical (unpaired) electrons. The van der Waals surface area contributed by atoms with E-state index in [1.165, 1.54) is 0 Å². The molecule has 0 saturated carbocycles. The summed E-state index contributed by atoms with van der Waals surface area (Å²) in [6.45, 7) is 9.84. The monoisotopic (exact) mass is 309 g/mol. The highest BCUT2D eigenvalue weighted by Crippen LogP contribution is 2.34. The van der Waals surface area contributed by atoms with Crippen LogP contribution in [-0.4, -0.2) is 49.2 Å². The maximum atomic E-state index is 9.88. The highest BCUT2D eigenvalue weighted by Gasteiger charge is 2.23. The van der Waals surface area contributed by atoms with Crippen LogP contribution in [0.25, 0.3) is 0 Å². The molecule has 124 valence electrons. The second-order valence-electron chi connectivity index (χ2n) is 6.78. The molecule has 0 saturated heterocycles. The fraction of sp³-hybridized carbons (Fsp3) is 0.647. The smallest absolute Gasteiger partial charge is 0.164 e. The Morgan fingerprint density at radius 3 is 2.91 bits per heavy atom. The van der Waals surface area contributed by atoms with Crippen molar-refractivity contribution in [3.63, 3.8) is 0 Å². The molecule has 5 nitrogen and oxygen atoms in total. The molecule has 1 aliphatic rings.